The van der Waals surface area contributed by atoms with E-state index in [2.05, 4.69) is 96.4 Å². The summed E-state index contributed by atoms with van der Waals surface area (Å²) >= 11 is 3.21. The highest BCUT2D eigenvalue weighted by molar-refractivity contribution is 9.09. The number of aliphatic hydroxyl groups excluding tert-OH is 2. The zero-order chi connectivity index (χ0) is 98.5. The highest BCUT2D eigenvalue weighted by atomic mass is 79.9. The lowest BCUT2D eigenvalue weighted by Crippen LogP contribution is -2.53. The first kappa shape index (κ1) is 132. The summed E-state index contributed by atoms with van der Waals surface area (Å²) in [5.74, 6) is -0.452. The number of esters is 3. The minimum atomic E-state index is -1.13. The molecule has 5 rings (SSSR count). The molecule has 0 bridgehead atoms. The molecular formula is C94H173BrN6O26. The number of carbonyl (C=O) groups excluding carboxylic acids is 10. The predicted octanol–water partition coefficient (Wildman–Crippen LogP) is 18.7. The molecule has 5 aliphatic heterocycles. The summed E-state index contributed by atoms with van der Waals surface area (Å²) in [5.41, 5.74) is -1.63. The molecule has 0 aromatic rings. The molecule has 0 spiro atoms. The van der Waals surface area contributed by atoms with Crippen molar-refractivity contribution in [1.29, 1.82) is 0 Å². The number of amides is 6. The Morgan fingerprint density at radius 3 is 1.26 bits per heavy atom. The van der Waals surface area contributed by atoms with E-state index in [0.717, 1.165) is 29.4 Å². The fourth-order valence-corrected chi connectivity index (χ4v) is 10.8. The number of rotatable bonds is 16. The Hall–Kier alpha value is -7.92. The van der Waals surface area contributed by atoms with Gasteiger partial charge in [0, 0.05) is 22.7 Å². The largest absolute Gasteiger partial charge is 0.467 e. The van der Waals surface area contributed by atoms with Crippen molar-refractivity contribution < 1.29 is 124 Å². The van der Waals surface area contributed by atoms with Crippen LogP contribution in [-0.4, -0.2) is 255 Å². The normalized spacial score (nSPS) is 21.8. The van der Waals surface area contributed by atoms with Crippen LogP contribution in [0, 0.1) is 11.8 Å². The number of methoxy groups -OCH3 is 2. The number of ether oxygens (including phenoxy) is 14. The maximum absolute atomic E-state index is 12.3. The Morgan fingerprint density at radius 1 is 0.551 bits per heavy atom. The molecule has 742 valence electrons. The van der Waals surface area contributed by atoms with E-state index in [4.69, 9.17) is 61.6 Å². The molecule has 33 heteroatoms. The monoisotopic (exact) mass is 1880 g/mol. The van der Waals surface area contributed by atoms with Gasteiger partial charge in [0.05, 0.1) is 88.8 Å². The summed E-state index contributed by atoms with van der Waals surface area (Å²) in [6.07, 6.45) is 4.25. The fourth-order valence-electron chi connectivity index (χ4n) is 10.8. The van der Waals surface area contributed by atoms with Gasteiger partial charge in [-0.25, -0.2) is 43.2 Å². The van der Waals surface area contributed by atoms with E-state index in [-0.39, 0.29) is 64.7 Å². The van der Waals surface area contributed by atoms with Crippen LogP contribution >= 0.6 is 15.9 Å². The van der Waals surface area contributed by atoms with Crippen molar-refractivity contribution >= 4 is 76.7 Å². The molecule has 0 saturated carbocycles. The lowest BCUT2D eigenvalue weighted by Gasteiger charge is -2.34. The topological polar surface area (TPSA) is 386 Å². The summed E-state index contributed by atoms with van der Waals surface area (Å²) in [5, 5.41) is 26.9. The lowest BCUT2D eigenvalue weighted by molar-refractivity contribution is -0.147. The van der Waals surface area contributed by atoms with Crippen LogP contribution < -0.4 is 16.0 Å². The van der Waals surface area contributed by atoms with Crippen molar-refractivity contribution in [3.05, 3.63) is 85.6 Å². The Balaban J connectivity index is -0.000000258. The van der Waals surface area contributed by atoms with Gasteiger partial charge in [-0.1, -0.05) is 112 Å². The van der Waals surface area contributed by atoms with Crippen LogP contribution in [0.2, 0.25) is 0 Å². The van der Waals surface area contributed by atoms with Gasteiger partial charge in [-0.2, -0.15) is 0 Å². The minimum absolute atomic E-state index is 0. The number of carbonyl (C=O) groups is 10. The molecule has 0 radical (unpaired) electrons. The average molecular weight is 1880 g/mol. The number of hydrogen-bond acceptors (Lipinski definition) is 26. The van der Waals surface area contributed by atoms with E-state index >= 15 is 0 Å². The molecule has 0 aromatic heterocycles. The number of nitrogens with zero attached hydrogens (tertiary/aromatic N) is 3. The summed E-state index contributed by atoms with van der Waals surface area (Å²) in [6, 6.07) is -3.41. The highest BCUT2D eigenvalue weighted by Gasteiger charge is 2.54. The number of alkyl halides is 1. The second-order valence-corrected chi connectivity index (χ2v) is 38.5. The maximum atomic E-state index is 12.3. The standard InChI is InChI=1S/C14H25NO3.C13H23NO5.C12H21NO4.C12H21NO3.C10H19NO5.C10H19NO3.C8H12O2.C8H14O.C4H7Br.3CH4/c1-8-12(11(4)17-9-10(2)3)15-13(16)18-14(5,6)7;1-8-9(10(15)17-7)14(13(5,6)18-8)11(16)19-12(2,3)4;1-8-9(7-14)13(12(5,6)16-8)10(15)17-11(2,3)4;1-7-9-8-15-12(5,6)13(9)10(14)16-11(2,3)4;1-6(12)7(8(13)15-5)11-9(14)16-10(2,3)4;1-6-8(7(2)12)11-9(13)14-10(3,4)5;1-5-4-6(2)8(9)10-7(5)3;1-6-4-7(2)8(3)9-5-6;1-4(2)3-5;;;/h8,11-12H,1-2,9H2,3-7H3,(H,15,16);8-9H,1-7H3;7-9H,1-6H3;7,9H,1,8H2,2-6H3;6-7,12H,1-5H3,(H,11,14);6-8,12H,1H2,2-5H3,(H,11,13);4-5,7H,1-3H3;4,7-8H,5H2,1-3H3;1,3H2,2H3;3*1H4/t11-,12-;8-,9+;8-,9-;9-;6-,7?;7-,8-;5-,7-;7-,8-;;;;/m11111111..../s1. The van der Waals surface area contributed by atoms with Crippen LogP contribution in [0.3, 0.4) is 0 Å². The molecule has 0 aromatic carbocycles. The smallest absolute Gasteiger partial charge is 0.413 e. The molecule has 5 heterocycles. The van der Waals surface area contributed by atoms with Gasteiger partial charge in [-0.05, 0) is 242 Å². The van der Waals surface area contributed by atoms with Gasteiger partial charge >= 0.3 is 54.5 Å². The zero-order valence-corrected chi connectivity index (χ0v) is 84.0. The number of hydrogen-bond donors (Lipinski definition) is 5. The molecule has 15 atom stereocenters. The summed E-state index contributed by atoms with van der Waals surface area (Å²) in [7, 11) is 2.46. The summed E-state index contributed by atoms with van der Waals surface area (Å²) in [4.78, 5) is 120. The van der Waals surface area contributed by atoms with Crippen molar-refractivity contribution in [2.75, 3.05) is 39.4 Å². The van der Waals surface area contributed by atoms with Gasteiger partial charge in [0.2, 0.25) is 0 Å². The van der Waals surface area contributed by atoms with Gasteiger partial charge < -0.3 is 97.3 Å². The van der Waals surface area contributed by atoms with E-state index in [0.29, 0.717) is 31.2 Å². The fraction of sp³-hybridized carbons (Fsp3) is 0.745. The van der Waals surface area contributed by atoms with Gasteiger partial charge in [0.1, 0.15) is 69.2 Å². The number of allylic oxidation sites excluding steroid dienone is 1. The zero-order valence-electron chi connectivity index (χ0n) is 82.4. The van der Waals surface area contributed by atoms with Crippen molar-refractivity contribution in [2.24, 2.45) is 11.8 Å². The van der Waals surface area contributed by atoms with Gasteiger partial charge in [0.15, 0.2) is 12.1 Å². The number of aldehydes is 1. The third kappa shape index (κ3) is 56.3. The molecule has 1 unspecified atom stereocenters. The quantitative estimate of drug-likeness (QED) is 0.0315. The van der Waals surface area contributed by atoms with E-state index in [1.807, 2.05) is 96.1 Å². The molecule has 3 saturated heterocycles. The predicted molar refractivity (Wildman–Crippen MR) is 504 cm³/mol. The second-order valence-electron chi connectivity index (χ2n) is 38.0. The Bertz CT molecular complexity index is 3480. The summed E-state index contributed by atoms with van der Waals surface area (Å²) in [6.45, 7) is 87.1. The van der Waals surface area contributed by atoms with Gasteiger partial charge in [-0.3, -0.25) is 14.7 Å². The van der Waals surface area contributed by atoms with Crippen LogP contribution in [-0.2, 0) is 85.5 Å². The van der Waals surface area contributed by atoms with E-state index in [9.17, 15) is 58.2 Å². The first-order valence-corrected chi connectivity index (χ1v) is 42.6. The molecular weight excluding hydrogens is 1710 g/mol. The van der Waals surface area contributed by atoms with Crippen LogP contribution in [0.1, 0.15) is 278 Å². The SMILES string of the molecule is C.C.C.C=C(C)CBr.C=C[C@@H](NC(=O)OC(C)(C)C)[C@@H](C)O.C=C[C@@H](NC(=O)OC(C)(C)C)[C@@H](C)OCC(=C)C.C=C[C@@H]1COC(C)(C)N1C(=O)OC(C)(C)C.CC1=C[C@@H](C)[C@@H](C)OC1.CC1=C[C@@H](C)[C@@H](C)OC1=O.COC(=O)C(NC(=O)OC(C)(C)C)[C@@H](C)O.COC(=O)[C@@H]1[C@@H](C)OC(C)(C)N1C(=O)OC(C)(C)C.C[C@H]1OC(C)(C)N(C(=O)OC(C)(C)C)[C@@H]1C=O. The van der Waals surface area contributed by atoms with Crippen molar-refractivity contribution in [1.82, 2.24) is 30.7 Å². The van der Waals surface area contributed by atoms with E-state index in [1.54, 1.807) is 156 Å². The molecule has 127 heavy (non-hydrogen) atoms. The van der Waals surface area contributed by atoms with Crippen molar-refractivity contribution in [3.8, 4) is 0 Å². The third-order valence-electron chi connectivity index (χ3n) is 16.8. The van der Waals surface area contributed by atoms with Crippen LogP contribution in [0.5, 0.6) is 0 Å². The Morgan fingerprint density at radius 2 is 0.929 bits per heavy atom. The number of aliphatic hydroxyl groups is 2. The van der Waals surface area contributed by atoms with Gasteiger partial charge in [0.25, 0.3) is 0 Å². The maximum Gasteiger partial charge on any atom is 0.413 e. The lowest BCUT2D eigenvalue weighted by atomic mass is 10.0. The number of alkyl carbamates (subject to hydrolysis) is 3. The molecule has 6 amide bonds. The van der Waals surface area contributed by atoms with Crippen LogP contribution in [0.4, 0.5) is 28.8 Å². The molecule has 32 nitrogen and oxygen atoms in total. The van der Waals surface area contributed by atoms with Crippen molar-refractivity contribution in [2.45, 2.75) is 408 Å². The third-order valence-corrected chi connectivity index (χ3v) is 17.8. The van der Waals surface area contributed by atoms with E-state index in [1.165, 1.54) is 48.2 Å². The van der Waals surface area contributed by atoms with Crippen LogP contribution in [0.15, 0.2) is 85.6 Å². The number of halogens is 1. The molecule has 5 N–H and O–H groups in total. The second kappa shape index (κ2) is 58.7. The first-order chi connectivity index (χ1) is 55.9. The number of nitrogens with one attached hydrogen (secondary N) is 3. The number of cyclic esters (lactones) is 1. The summed E-state index contributed by atoms with van der Waals surface area (Å²) < 4.78 is 73.1. The minimum Gasteiger partial charge on any atom is -0.467 e. The molecule has 3 fully saturated rings. The van der Waals surface area contributed by atoms with Crippen LogP contribution in [0.25, 0.3) is 0 Å². The van der Waals surface area contributed by atoms with E-state index < -0.39 is 136 Å². The first-order valence-electron chi connectivity index (χ1n) is 41.5. The Labute approximate surface area is 772 Å². The average Bonchev–Trinajstić information content (AvgIpc) is 1.63. The Kier molecular flexibility index (Phi) is 61.1. The van der Waals surface area contributed by atoms with Gasteiger partial charge in [-0.15, -0.1) is 19.7 Å². The molecule has 0 aliphatic carbocycles. The molecule has 5 aliphatic rings. The highest BCUT2D eigenvalue weighted by Crippen LogP contribution is 2.36. The van der Waals surface area contributed by atoms with Crippen molar-refractivity contribution in [3.63, 3.8) is 0 Å².